The Kier molecular flexibility index (Phi) is 8.80. The highest BCUT2D eigenvalue weighted by atomic mass is 35.5. The van der Waals surface area contributed by atoms with Crippen molar-refractivity contribution in [1.29, 1.82) is 0 Å². The second-order valence-electron chi connectivity index (χ2n) is 6.58. The minimum atomic E-state index is -0.644. The molecule has 7 heteroatoms. The Labute approximate surface area is 176 Å². The maximum absolute atomic E-state index is 12.9. The van der Waals surface area contributed by atoms with Crippen LogP contribution in [-0.2, 0) is 16.1 Å². The highest BCUT2D eigenvalue weighted by molar-refractivity contribution is 6.30. The van der Waals surface area contributed by atoms with Gasteiger partial charge in [-0.2, -0.15) is 0 Å². The molecule has 1 unspecified atom stereocenters. The zero-order valence-electron chi connectivity index (χ0n) is 17.0. The molecule has 2 aromatic rings. The van der Waals surface area contributed by atoms with Crippen molar-refractivity contribution in [3.63, 3.8) is 0 Å². The summed E-state index contributed by atoms with van der Waals surface area (Å²) in [4.78, 5) is 26.9. The number of nitrogens with one attached hydrogen (secondary N) is 1. The number of carbonyl (C=O) groups is 2. The number of rotatable bonds is 10. The van der Waals surface area contributed by atoms with E-state index < -0.39 is 6.04 Å². The van der Waals surface area contributed by atoms with Crippen molar-refractivity contribution in [2.45, 2.75) is 32.9 Å². The van der Waals surface area contributed by atoms with Crippen LogP contribution in [0.25, 0.3) is 0 Å². The summed E-state index contributed by atoms with van der Waals surface area (Å²) in [5.41, 5.74) is 0.860. The molecule has 0 saturated carbocycles. The van der Waals surface area contributed by atoms with Gasteiger partial charge in [-0.05, 0) is 55.3 Å². The lowest BCUT2D eigenvalue weighted by molar-refractivity contribution is -0.142. The minimum Gasteiger partial charge on any atom is -0.497 e. The van der Waals surface area contributed by atoms with Gasteiger partial charge in [0.25, 0.3) is 5.91 Å². The monoisotopic (exact) mass is 418 g/mol. The van der Waals surface area contributed by atoms with E-state index in [9.17, 15) is 9.59 Å². The van der Waals surface area contributed by atoms with Crippen molar-refractivity contribution in [1.82, 2.24) is 10.2 Å². The van der Waals surface area contributed by atoms with E-state index in [0.717, 1.165) is 12.0 Å². The fraction of sp³-hybridized carbons (Fsp3) is 0.364. The molecule has 6 nitrogen and oxygen atoms in total. The van der Waals surface area contributed by atoms with Crippen molar-refractivity contribution >= 4 is 23.4 Å². The number of hydrogen-bond donors (Lipinski definition) is 1. The standard InChI is InChI=1S/C22H27ClN2O4/c1-4-12-24-22(27)16(2)25(14-17-6-5-7-20(13-17)28-3)21(26)15-29-19-10-8-18(23)9-11-19/h5-11,13,16H,4,12,14-15H2,1-3H3,(H,24,27). The molecule has 0 saturated heterocycles. The molecule has 1 atom stereocenters. The highest BCUT2D eigenvalue weighted by Crippen LogP contribution is 2.18. The van der Waals surface area contributed by atoms with Gasteiger partial charge in [0.15, 0.2) is 6.61 Å². The fourth-order valence-corrected chi connectivity index (χ4v) is 2.83. The maximum atomic E-state index is 12.9. The molecule has 0 aliphatic heterocycles. The van der Waals surface area contributed by atoms with Gasteiger partial charge < -0.3 is 19.7 Å². The van der Waals surface area contributed by atoms with Crippen LogP contribution in [0.4, 0.5) is 0 Å². The summed E-state index contributed by atoms with van der Waals surface area (Å²) in [6.07, 6.45) is 0.821. The molecule has 1 N–H and O–H groups in total. The molecule has 156 valence electrons. The summed E-state index contributed by atoms with van der Waals surface area (Å²) >= 11 is 5.87. The first kappa shape index (κ1) is 22.6. The number of ether oxygens (including phenoxy) is 2. The summed E-state index contributed by atoms with van der Waals surface area (Å²) in [6, 6.07) is 13.5. The second-order valence-corrected chi connectivity index (χ2v) is 7.02. The Balaban J connectivity index is 2.14. The number of hydrogen-bond acceptors (Lipinski definition) is 4. The third-order valence-electron chi connectivity index (χ3n) is 4.38. The van der Waals surface area contributed by atoms with E-state index in [0.29, 0.717) is 23.1 Å². The average molecular weight is 419 g/mol. The topological polar surface area (TPSA) is 67.9 Å². The van der Waals surface area contributed by atoms with Gasteiger partial charge >= 0.3 is 0 Å². The van der Waals surface area contributed by atoms with Gasteiger partial charge in [0.05, 0.1) is 7.11 Å². The molecule has 0 bridgehead atoms. The maximum Gasteiger partial charge on any atom is 0.261 e. The Morgan fingerprint density at radius 2 is 1.86 bits per heavy atom. The predicted molar refractivity (Wildman–Crippen MR) is 113 cm³/mol. The summed E-state index contributed by atoms with van der Waals surface area (Å²) in [5.74, 6) is 0.735. The van der Waals surface area contributed by atoms with Crippen LogP contribution in [0.1, 0.15) is 25.8 Å². The van der Waals surface area contributed by atoms with Gasteiger partial charge in [-0.1, -0.05) is 30.7 Å². The van der Waals surface area contributed by atoms with Crippen molar-refractivity contribution in [2.75, 3.05) is 20.3 Å². The van der Waals surface area contributed by atoms with E-state index >= 15 is 0 Å². The van der Waals surface area contributed by atoms with E-state index in [-0.39, 0.29) is 25.0 Å². The zero-order valence-corrected chi connectivity index (χ0v) is 17.7. The van der Waals surface area contributed by atoms with Crippen LogP contribution in [0.2, 0.25) is 5.02 Å². The Bertz CT molecular complexity index is 811. The van der Waals surface area contributed by atoms with Gasteiger partial charge in [-0.25, -0.2) is 0 Å². The van der Waals surface area contributed by atoms with Crippen molar-refractivity contribution in [3.05, 3.63) is 59.1 Å². The molecular weight excluding hydrogens is 392 g/mol. The van der Waals surface area contributed by atoms with Crippen LogP contribution in [0.15, 0.2) is 48.5 Å². The van der Waals surface area contributed by atoms with Crippen molar-refractivity contribution in [3.8, 4) is 11.5 Å². The SMILES string of the molecule is CCCNC(=O)C(C)N(Cc1cccc(OC)c1)C(=O)COc1ccc(Cl)cc1. The normalized spacial score (nSPS) is 11.4. The highest BCUT2D eigenvalue weighted by Gasteiger charge is 2.26. The number of carbonyl (C=O) groups excluding carboxylic acids is 2. The largest absolute Gasteiger partial charge is 0.497 e. The third kappa shape index (κ3) is 6.98. The smallest absolute Gasteiger partial charge is 0.261 e. The van der Waals surface area contributed by atoms with Gasteiger partial charge in [0.2, 0.25) is 5.91 Å². The van der Waals surface area contributed by atoms with Gasteiger partial charge in [-0.15, -0.1) is 0 Å². The molecule has 0 aliphatic rings. The lowest BCUT2D eigenvalue weighted by atomic mass is 10.1. The van der Waals surface area contributed by atoms with Gasteiger partial charge in [0.1, 0.15) is 17.5 Å². The van der Waals surface area contributed by atoms with E-state index in [4.69, 9.17) is 21.1 Å². The van der Waals surface area contributed by atoms with Gasteiger partial charge in [0, 0.05) is 18.1 Å². The van der Waals surface area contributed by atoms with Crippen molar-refractivity contribution < 1.29 is 19.1 Å². The first-order valence-corrected chi connectivity index (χ1v) is 9.90. The molecule has 0 heterocycles. The van der Waals surface area contributed by atoms with Crippen molar-refractivity contribution in [2.24, 2.45) is 0 Å². The Hall–Kier alpha value is -2.73. The molecule has 0 radical (unpaired) electrons. The molecule has 2 rings (SSSR count). The third-order valence-corrected chi connectivity index (χ3v) is 4.63. The predicted octanol–water partition coefficient (Wildman–Crippen LogP) is 3.67. The lowest BCUT2D eigenvalue weighted by Gasteiger charge is -2.28. The first-order valence-electron chi connectivity index (χ1n) is 9.53. The first-order chi connectivity index (χ1) is 13.9. The number of amides is 2. The number of benzene rings is 2. The van der Waals surface area contributed by atoms with Crippen LogP contribution in [0.3, 0.4) is 0 Å². The molecule has 29 heavy (non-hydrogen) atoms. The van der Waals surface area contributed by atoms with Crippen LogP contribution in [-0.4, -0.2) is 43.0 Å². The van der Waals surface area contributed by atoms with Crippen LogP contribution >= 0.6 is 11.6 Å². The molecule has 0 spiro atoms. The zero-order chi connectivity index (χ0) is 21.2. The quantitative estimate of drug-likeness (QED) is 0.639. The van der Waals surface area contributed by atoms with E-state index in [1.165, 1.54) is 4.90 Å². The second kappa shape index (κ2) is 11.3. The molecule has 2 aromatic carbocycles. The number of methoxy groups -OCH3 is 1. The summed E-state index contributed by atoms with van der Waals surface area (Å²) in [6.45, 7) is 4.33. The summed E-state index contributed by atoms with van der Waals surface area (Å²) in [7, 11) is 1.59. The van der Waals surface area contributed by atoms with E-state index in [1.807, 2.05) is 31.2 Å². The van der Waals surface area contributed by atoms with Crippen LogP contribution < -0.4 is 14.8 Å². The van der Waals surface area contributed by atoms with Crippen LogP contribution in [0.5, 0.6) is 11.5 Å². The molecule has 0 aromatic heterocycles. The van der Waals surface area contributed by atoms with E-state index in [1.54, 1.807) is 38.3 Å². The lowest BCUT2D eigenvalue weighted by Crippen LogP contribution is -2.49. The molecular formula is C22H27ClN2O4. The number of halogens is 1. The fourth-order valence-electron chi connectivity index (χ4n) is 2.70. The Morgan fingerprint density at radius 1 is 1.14 bits per heavy atom. The molecule has 2 amide bonds. The van der Waals surface area contributed by atoms with E-state index in [2.05, 4.69) is 5.32 Å². The summed E-state index contributed by atoms with van der Waals surface area (Å²) in [5, 5.41) is 3.43. The number of nitrogens with zero attached hydrogens (tertiary/aromatic N) is 1. The van der Waals surface area contributed by atoms with Crippen LogP contribution in [0, 0.1) is 0 Å². The summed E-state index contributed by atoms with van der Waals surface area (Å²) < 4.78 is 10.8. The van der Waals surface area contributed by atoms with Gasteiger partial charge in [-0.3, -0.25) is 9.59 Å². The Morgan fingerprint density at radius 3 is 2.52 bits per heavy atom. The minimum absolute atomic E-state index is 0.184. The average Bonchev–Trinajstić information content (AvgIpc) is 2.74. The molecule has 0 fully saturated rings. The molecule has 0 aliphatic carbocycles.